The van der Waals surface area contributed by atoms with E-state index in [4.69, 9.17) is 9.57 Å². The van der Waals surface area contributed by atoms with Crippen LogP contribution in [0.3, 0.4) is 0 Å². The molecule has 3 rings (SSSR count). The van der Waals surface area contributed by atoms with Crippen molar-refractivity contribution < 1.29 is 24.0 Å². The van der Waals surface area contributed by atoms with Crippen LogP contribution in [0.2, 0.25) is 0 Å². The predicted molar refractivity (Wildman–Crippen MR) is 71.0 cm³/mol. The van der Waals surface area contributed by atoms with Gasteiger partial charge in [-0.1, -0.05) is 12.1 Å². The predicted octanol–water partition coefficient (Wildman–Crippen LogP) is 1.41. The van der Waals surface area contributed by atoms with Crippen molar-refractivity contribution in [3.63, 3.8) is 0 Å². The number of carbonyl (C=O) groups excluding carboxylic acids is 3. The van der Waals surface area contributed by atoms with Gasteiger partial charge < -0.3 is 9.57 Å². The number of ether oxygens (including phenoxy) is 1. The van der Waals surface area contributed by atoms with Crippen molar-refractivity contribution >= 4 is 17.8 Å². The zero-order valence-electron chi connectivity index (χ0n) is 11.6. The van der Waals surface area contributed by atoms with E-state index in [2.05, 4.69) is 0 Å². The summed E-state index contributed by atoms with van der Waals surface area (Å²) in [6.45, 7) is 0. The van der Waals surface area contributed by atoms with Crippen molar-refractivity contribution in [2.45, 2.75) is 25.2 Å². The van der Waals surface area contributed by atoms with Gasteiger partial charge in [-0.2, -0.15) is 0 Å². The van der Waals surface area contributed by atoms with Crippen LogP contribution >= 0.6 is 0 Å². The Morgan fingerprint density at radius 2 is 1.76 bits per heavy atom. The summed E-state index contributed by atoms with van der Waals surface area (Å²) >= 11 is 0. The van der Waals surface area contributed by atoms with Gasteiger partial charge in [0.15, 0.2) is 0 Å². The van der Waals surface area contributed by atoms with Gasteiger partial charge in [0.05, 0.1) is 13.0 Å². The summed E-state index contributed by atoms with van der Waals surface area (Å²) in [5, 5.41) is 0.603. The molecular weight excluding hydrogens is 274 g/mol. The SMILES string of the molecule is COc1ccc(C2CC2C(=O)ON2C(=O)CCC2=O)cc1. The molecule has 1 saturated heterocycles. The van der Waals surface area contributed by atoms with Crippen LogP contribution in [0.1, 0.15) is 30.7 Å². The molecule has 0 spiro atoms. The molecule has 2 amide bonds. The summed E-state index contributed by atoms with van der Waals surface area (Å²) in [5.41, 5.74) is 1.02. The number of nitrogens with zero attached hydrogens (tertiary/aromatic N) is 1. The van der Waals surface area contributed by atoms with E-state index in [-0.39, 0.29) is 24.7 Å². The second-order valence-corrected chi connectivity index (χ2v) is 5.21. The molecule has 2 aliphatic rings. The molecular formula is C15H15NO5. The van der Waals surface area contributed by atoms with Gasteiger partial charge in [-0.05, 0) is 30.0 Å². The molecule has 0 bridgehead atoms. The fraction of sp³-hybridized carbons (Fsp3) is 0.400. The number of rotatable bonds is 4. The second-order valence-electron chi connectivity index (χ2n) is 5.21. The summed E-state index contributed by atoms with van der Waals surface area (Å²) in [6.07, 6.45) is 0.888. The van der Waals surface area contributed by atoms with Crippen molar-refractivity contribution in [3.8, 4) is 5.75 Å². The zero-order valence-corrected chi connectivity index (χ0v) is 11.6. The zero-order chi connectivity index (χ0) is 15.0. The Morgan fingerprint density at radius 3 is 2.33 bits per heavy atom. The summed E-state index contributed by atoms with van der Waals surface area (Å²) in [6, 6.07) is 7.49. The molecule has 1 heterocycles. The van der Waals surface area contributed by atoms with Crippen molar-refractivity contribution in [2.75, 3.05) is 7.11 Å². The molecule has 0 radical (unpaired) electrons. The Morgan fingerprint density at radius 1 is 1.14 bits per heavy atom. The molecule has 2 fully saturated rings. The molecule has 1 aliphatic heterocycles. The van der Waals surface area contributed by atoms with Crippen molar-refractivity contribution in [1.82, 2.24) is 5.06 Å². The lowest BCUT2D eigenvalue weighted by Gasteiger charge is -2.12. The highest BCUT2D eigenvalue weighted by atomic mass is 16.7. The molecule has 0 aromatic heterocycles. The van der Waals surface area contributed by atoms with E-state index in [1.165, 1.54) is 0 Å². The van der Waals surface area contributed by atoms with Gasteiger partial charge in [0.1, 0.15) is 5.75 Å². The van der Waals surface area contributed by atoms with Gasteiger partial charge in [0, 0.05) is 12.8 Å². The molecule has 1 saturated carbocycles. The quantitative estimate of drug-likeness (QED) is 0.783. The Bertz CT molecular complexity index is 579. The number of methoxy groups -OCH3 is 1. The number of imide groups is 1. The van der Waals surface area contributed by atoms with E-state index < -0.39 is 17.8 Å². The number of hydrogen-bond acceptors (Lipinski definition) is 5. The number of benzene rings is 1. The Labute approximate surface area is 121 Å². The van der Waals surface area contributed by atoms with Gasteiger partial charge in [0.25, 0.3) is 11.8 Å². The lowest BCUT2D eigenvalue weighted by atomic mass is 10.1. The fourth-order valence-corrected chi connectivity index (χ4v) is 2.49. The molecule has 110 valence electrons. The smallest absolute Gasteiger partial charge is 0.336 e. The van der Waals surface area contributed by atoms with E-state index in [1.54, 1.807) is 7.11 Å². The normalized spacial score (nSPS) is 24.1. The van der Waals surface area contributed by atoms with Crippen LogP contribution in [0.5, 0.6) is 5.75 Å². The third kappa shape index (κ3) is 2.61. The van der Waals surface area contributed by atoms with E-state index in [0.29, 0.717) is 11.5 Å². The minimum atomic E-state index is -0.514. The first-order valence-corrected chi connectivity index (χ1v) is 6.81. The van der Waals surface area contributed by atoms with Crippen molar-refractivity contribution in [1.29, 1.82) is 0 Å². The van der Waals surface area contributed by atoms with Gasteiger partial charge in [-0.15, -0.1) is 5.06 Å². The monoisotopic (exact) mass is 289 g/mol. The van der Waals surface area contributed by atoms with E-state index in [0.717, 1.165) is 11.3 Å². The summed E-state index contributed by atoms with van der Waals surface area (Å²) in [5.74, 6) is -0.869. The van der Waals surface area contributed by atoms with E-state index in [1.807, 2.05) is 24.3 Å². The number of amides is 2. The Balaban J connectivity index is 1.60. The van der Waals surface area contributed by atoms with E-state index >= 15 is 0 Å². The minimum absolute atomic E-state index is 0.0798. The number of carbonyl (C=O) groups is 3. The fourth-order valence-electron chi connectivity index (χ4n) is 2.49. The van der Waals surface area contributed by atoms with Crippen molar-refractivity contribution in [3.05, 3.63) is 29.8 Å². The highest BCUT2D eigenvalue weighted by Gasteiger charge is 2.47. The molecule has 6 heteroatoms. The lowest BCUT2D eigenvalue weighted by molar-refractivity contribution is -0.198. The molecule has 21 heavy (non-hydrogen) atoms. The van der Waals surface area contributed by atoms with Crippen LogP contribution in [0, 0.1) is 5.92 Å². The minimum Gasteiger partial charge on any atom is -0.497 e. The lowest BCUT2D eigenvalue weighted by Crippen LogP contribution is -2.32. The molecule has 2 atom stereocenters. The van der Waals surface area contributed by atoms with Gasteiger partial charge >= 0.3 is 5.97 Å². The van der Waals surface area contributed by atoms with E-state index in [9.17, 15) is 14.4 Å². The maximum Gasteiger partial charge on any atom is 0.336 e. The third-order valence-electron chi connectivity index (χ3n) is 3.82. The Kier molecular flexibility index (Phi) is 3.37. The maximum atomic E-state index is 12.0. The highest BCUT2D eigenvalue weighted by Crippen LogP contribution is 2.48. The molecule has 1 aromatic carbocycles. The van der Waals surface area contributed by atoms with Crippen molar-refractivity contribution in [2.24, 2.45) is 5.92 Å². The average molecular weight is 289 g/mol. The molecule has 1 aromatic rings. The average Bonchev–Trinajstić information content (AvgIpc) is 3.24. The summed E-state index contributed by atoms with van der Waals surface area (Å²) in [4.78, 5) is 39.7. The molecule has 2 unspecified atom stereocenters. The number of hydroxylamine groups is 2. The third-order valence-corrected chi connectivity index (χ3v) is 3.82. The largest absolute Gasteiger partial charge is 0.497 e. The first-order valence-electron chi connectivity index (χ1n) is 6.81. The number of hydrogen-bond donors (Lipinski definition) is 0. The first kappa shape index (κ1) is 13.6. The van der Waals surface area contributed by atoms with Crippen LogP contribution < -0.4 is 4.74 Å². The topological polar surface area (TPSA) is 72.9 Å². The highest BCUT2D eigenvalue weighted by molar-refractivity contribution is 6.01. The molecule has 1 aliphatic carbocycles. The first-order chi connectivity index (χ1) is 10.1. The molecule has 0 N–H and O–H groups in total. The Hall–Kier alpha value is -2.37. The van der Waals surface area contributed by atoms with Crippen LogP contribution in [0.4, 0.5) is 0 Å². The second kappa shape index (κ2) is 5.20. The summed E-state index contributed by atoms with van der Waals surface area (Å²) in [7, 11) is 1.59. The van der Waals surface area contributed by atoms with Gasteiger partial charge in [-0.25, -0.2) is 4.79 Å². The van der Waals surface area contributed by atoms with Gasteiger partial charge in [-0.3, -0.25) is 9.59 Å². The maximum absolute atomic E-state index is 12.0. The van der Waals surface area contributed by atoms with Crippen LogP contribution in [-0.2, 0) is 19.2 Å². The molecule has 6 nitrogen and oxygen atoms in total. The standard InChI is InChI=1S/C15H15NO5/c1-20-10-4-2-9(3-5-10)11-8-12(11)15(19)21-16-13(17)6-7-14(16)18/h2-5,11-12H,6-8H2,1H3. The van der Waals surface area contributed by atoms with Crippen LogP contribution in [0.15, 0.2) is 24.3 Å². The van der Waals surface area contributed by atoms with Gasteiger partial charge in [0.2, 0.25) is 0 Å². The van der Waals surface area contributed by atoms with Crippen LogP contribution in [-0.4, -0.2) is 30.0 Å². The van der Waals surface area contributed by atoms with Crippen LogP contribution in [0.25, 0.3) is 0 Å². The summed E-state index contributed by atoms with van der Waals surface area (Å²) < 4.78 is 5.08.